The first-order chi connectivity index (χ1) is 5.47. The van der Waals surface area contributed by atoms with Crippen LogP contribution in [0.1, 0.15) is 33.6 Å². The van der Waals surface area contributed by atoms with Crippen molar-refractivity contribution in [1.82, 2.24) is 10.6 Å². The van der Waals surface area contributed by atoms with Crippen LogP contribution in [0.25, 0.3) is 0 Å². The van der Waals surface area contributed by atoms with E-state index in [0.29, 0.717) is 12.6 Å². The molecule has 12 heavy (non-hydrogen) atoms. The van der Waals surface area contributed by atoms with Gasteiger partial charge in [0.1, 0.15) is 0 Å². The number of hydrogen-bond donors (Lipinski definition) is 2. The Bertz CT molecular complexity index is 168. The Kier molecular flexibility index (Phi) is 2.73. The summed E-state index contributed by atoms with van der Waals surface area (Å²) >= 11 is 0. The van der Waals surface area contributed by atoms with Crippen molar-refractivity contribution in [1.29, 1.82) is 0 Å². The summed E-state index contributed by atoms with van der Waals surface area (Å²) in [5, 5.41) is 6.07. The van der Waals surface area contributed by atoms with Crippen LogP contribution in [0.3, 0.4) is 0 Å². The monoisotopic (exact) mass is 170 g/mol. The summed E-state index contributed by atoms with van der Waals surface area (Å²) in [4.78, 5) is 11.2. The van der Waals surface area contributed by atoms with Crippen molar-refractivity contribution in [3.8, 4) is 0 Å². The fourth-order valence-electron chi connectivity index (χ4n) is 0.852. The maximum Gasteiger partial charge on any atom is 0.234 e. The first-order valence-electron chi connectivity index (χ1n) is 4.52. The number of hydrogen-bond acceptors (Lipinski definition) is 2. The lowest BCUT2D eigenvalue weighted by Crippen LogP contribution is -2.43. The molecule has 0 spiro atoms. The van der Waals surface area contributed by atoms with E-state index in [1.807, 2.05) is 0 Å². The first-order valence-corrected chi connectivity index (χ1v) is 4.52. The van der Waals surface area contributed by atoms with Gasteiger partial charge >= 0.3 is 0 Å². The van der Waals surface area contributed by atoms with Crippen molar-refractivity contribution in [2.45, 2.75) is 45.2 Å². The molecule has 0 atom stereocenters. The summed E-state index contributed by atoms with van der Waals surface area (Å²) in [7, 11) is 0. The lowest BCUT2D eigenvalue weighted by atomic mass is 10.1. The summed E-state index contributed by atoms with van der Waals surface area (Å²) in [5.41, 5.74) is 0.0287. The quantitative estimate of drug-likeness (QED) is 0.653. The maximum absolute atomic E-state index is 11.2. The van der Waals surface area contributed by atoms with Crippen LogP contribution >= 0.6 is 0 Å². The highest BCUT2D eigenvalue weighted by atomic mass is 16.2. The number of amides is 1. The normalized spacial score (nSPS) is 17.6. The maximum atomic E-state index is 11.2. The molecule has 1 fully saturated rings. The van der Waals surface area contributed by atoms with Crippen LogP contribution in [-0.4, -0.2) is 24.0 Å². The minimum absolute atomic E-state index is 0.0287. The highest BCUT2D eigenvalue weighted by Gasteiger charge is 2.23. The molecular weight excluding hydrogens is 152 g/mol. The molecule has 1 saturated carbocycles. The van der Waals surface area contributed by atoms with Crippen LogP contribution in [0.2, 0.25) is 0 Å². The van der Waals surface area contributed by atoms with Crippen molar-refractivity contribution >= 4 is 5.91 Å². The fourth-order valence-corrected chi connectivity index (χ4v) is 0.852. The molecule has 0 unspecified atom stereocenters. The highest BCUT2D eigenvalue weighted by molar-refractivity contribution is 5.78. The van der Waals surface area contributed by atoms with E-state index in [9.17, 15) is 4.79 Å². The van der Waals surface area contributed by atoms with E-state index >= 15 is 0 Å². The average Bonchev–Trinajstić information content (AvgIpc) is 2.66. The van der Waals surface area contributed by atoms with Gasteiger partial charge in [0.15, 0.2) is 0 Å². The predicted octanol–water partition coefficient (Wildman–Crippen LogP) is 0.653. The highest BCUT2D eigenvalue weighted by Crippen LogP contribution is 2.18. The van der Waals surface area contributed by atoms with Gasteiger partial charge in [-0.25, -0.2) is 0 Å². The SMILES string of the molecule is CC(C)(C)NCC(=O)NC1CC1. The average molecular weight is 170 g/mol. The fraction of sp³-hybridized carbons (Fsp3) is 0.889. The molecule has 1 aliphatic carbocycles. The second-order valence-corrected chi connectivity index (χ2v) is 4.45. The van der Waals surface area contributed by atoms with Crippen LogP contribution in [0.15, 0.2) is 0 Å². The van der Waals surface area contributed by atoms with Gasteiger partial charge in [0.05, 0.1) is 6.54 Å². The molecule has 70 valence electrons. The molecule has 0 radical (unpaired) electrons. The van der Waals surface area contributed by atoms with Gasteiger partial charge in [-0.3, -0.25) is 4.79 Å². The van der Waals surface area contributed by atoms with E-state index < -0.39 is 0 Å². The third kappa shape index (κ3) is 4.34. The van der Waals surface area contributed by atoms with Gasteiger partial charge in [-0.15, -0.1) is 0 Å². The van der Waals surface area contributed by atoms with Crippen molar-refractivity contribution in [3.05, 3.63) is 0 Å². The van der Waals surface area contributed by atoms with Crippen molar-refractivity contribution in [3.63, 3.8) is 0 Å². The third-order valence-corrected chi connectivity index (χ3v) is 1.72. The molecule has 3 nitrogen and oxygen atoms in total. The summed E-state index contributed by atoms with van der Waals surface area (Å²) in [5.74, 6) is 0.118. The standard InChI is InChI=1S/C9H18N2O/c1-9(2,3)10-6-8(12)11-7-4-5-7/h7,10H,4-6H2,1-3H3,(H,11,12). The minimum Gasteiger partial charge on any atom is -0.352 e. The Morgan fingerprint density at radius 3 is 2.42 bits per heavy atom. The lowest BCUT2D eigenvalue weighted by Gasteiger charge is -2.19. The van der Waals surface area contributed by atoms with Gasteiger partial charge < -0.3 is 10.6 Å². The zero-order valence-electron chi connectivity index (χ0n) is 8.11. The van der Waals surface area contributed by atoms with Crippen LogP contribution < -0.4 is 10.6 Å². The minimum atomic E-state index is 0.0287. The van der Waals surface area contributed by atoms with Crippen LogP contribution in [-0.2, 0) is 4.79 Å². The van der Waals surface area contributed by atoms with Crippen molar-refractivity contribution in [2.75, 3.05) is 6.54 Å². The second-order valence-electron chi connectivity index (χ2n) is 4.45. The lowest BCUT2D eigenvalue weighted by molar-refractivity contribution is -0.120. The Morgan fingerprint density at radius 2 is 2.00 bits per heavy atom. The zero-order valence-corrected chi connectivity index (χ0v) is 8.11. The molecular formula is C9H18N2O. The third-order valence-electron chi connectivity index (χ3n) is 1.72. The molecule has 0 aromatic carbocycles. The number of nitrogens with one attached hydrogen (secondary N) is 2. The molecule has 1 rings (SSSR count). The van der Waals surface area contributed by atoms with Crippen molar-refractivity contribution < 1.29 is 4.79 Å². The molecule has 0 aromatic heterocycles. The van der Waals surface area contributed by atoms with E-state index in [2.05, 4.69) is 31.4 Å². The summed E-state index contributed by atoms with van der Waals surface area (Å²) in [6, 6.07) is 0.472. The summed E-state index contributed by atoms with van der Waals surface area (Å²) in [6.07, 6.45) is 2.31. The zero-order chi connectivity index (χ0) is 9.19. The van der Waals surface area contributed by atoms with E-state index in [1.54, 1.807) is 0 Å². The summed E-state index contributed by atoms with van der Waals surface area (Å²) in [6.45, 7) is 6.59. The Hall–Kier alpha value is -0.570. The second kappa shape index (κ2) is 3.44. The Morgan fingerprint density at radius 1 is 1.42 bits per heavy atom. The largest absolute Gasteiger partial charge is 0.352 e. The molecule has 0 bridgehead atoms. The van der Waals surface area contributed by atoms with E-state index in [4.69, 9.17) is 0 Å². The Balaban J connectivity index is 2.09. The number of rotatable bonds is 3. The topological polar surface area (TPSA) is 41.1 Å². The molecule has 1 amide bonds. The van der Waals surface area contributed by atoms with Gasteiger partial charge in [-0.05, 0) is 33.6 Å². The predicted molar refractivity (Wildman–Crippen MR) is 48.9 cm³/mol. The van der Waals surface area contributed by atoms with Crippen molar-refractivity contribution in [2.24, 2.45) is 0 Å². The van der Waals surface area contributed by atoms with Gasteiger partial charge in [0.2, 0.25) is 5.91 Å². The number of carbonyl (C=O) groups excluding carboxylic acids is 1. The molecule has 0 saturated heterocycles. The molecule has 3 heteroatoms. The molecule has 0 heterocycles. The van der Waals surface area contributed by atoms with Crippen LogP contribution in [0, 0.1) is 0 Å². The van der Waals surface area contributed by atoms with Gasteiger partial charge in [0.25, 0.3) is 0 Å². The Labute approximate surface area is 73.9 Å². The van der Waals surface area contributed by atoms with Gasteiger partial charge in [0, 0.05) is 11.6 Å². The van der Waals surface area contributed by atoms with Gasteiger partial charge in [-0.1, -0.05) is 0 Å². The molecule has 0 aromatic rings. The summed E-state index contributed by atoms with van der Waals surface area (Å²) < 4.78 is 0. The first kappa shape index (κ1) is 9.52. The smallest absolute Gasteiger partial charge is 0.234 e. The van der Waals surface area contributed by atoms with Crippen LogP contribution in [0.5, 0.6) is 0 Å². The molecule has 1 aliphatic rings. The number of carbonyl (C=O) groups is 1. The van der Waals surface area contributed by atoms with E-state index in [1.165, 1.54) is 0 Å². The van der Waals surface area contributed by atoms with E-state index in [-0.39, 0.29) is 11.4 Å². The van der Waals surface area contributed by atoms with E-state index in [0.717, 1.165) is 12.8 Å². The van der Waals surface area contributed by atoms with Gasteiger partial charge in [-0.2, -0.15) is 0 Å². The van der Waals surface area contributed by atoms with Crippen LogP contribution in [0.4, 0.5) is 0 Å². The molecule has 0 aliphatic heterocycles. The molecule has 2 N–H and O–H groups in total.